The van der Waals surface area contributed by atoms with Gasteiger partial charge < -0.3 is 0 Å². The highest BCUT2D eigenvalue weighted by atomic mass is 79.9. The predicted molar refractivity (Wildman–Crippen MR) is 88.2 cm³/mol. The topological polar surface area (TPSA) is 119 Å². The molecule has 0 bridgehead atoms. The molecular weight excluding hydrogens is 422 g/mol. The monoisotopic (exact) mass is 430 g/mol. The van der Waals surface area contributed by atoms with E-state index >= 15 is 0 Å². The van der Waals surface area contributed by atoms with Gasteiger partial charge in [0.15, 0.2) is 5.65 Å². The van der Waals surface area contributed by atoms with E-state index in [2.05, 4.69) is 31.1 Å². The van der Waals surface area contributed by atoms with Crippen LogP contribution in [0.5, 0.6) is 0 Å². The zero-order valence-electron chi connectivity index (χ0n) is 12.3. The van der Waals surface area contributed by atoms with E-state index in [1.807, 2.05) is 0 Å². The number of aromatic amines is 1. The van der Waals surface area contributed by atoms with E-state index < -0.39 is 44.3 Å². The lowest BCUT2D eigenvalue weighted by Crippen LogP contribution is -2.18. The molecule has 3 N–H and O–H groups in total. The van der Waals surface area contributed by atoms with Crippen molar-refractivity contribution in [3.63, 3.8) is 0 Å². The van der Waals surface area contributed by atoms with Crippen LogP contribution in [0.2, 0.25) is 0 Å². The van der Waals surface area contributed by atoms with Crippen LogP contribution in [0.4, 0.5) is 8.78 Å². The number of fused-ring (bicyclic) bond motifs is 1. The Morgan fingerprint density at radius 2 is 2.04 bits per heavy atom. The molecule has 0 spiro atoms. The summed E-state index contributed by atoms with van der Waals surface area (Å²) in [5, 5.41) is 11.5. The van der Waals surface area contributed by atoms with Crippen molar-refractivity contribution in [1.82, 2.24) is 15.2 Å². The minimum Gasteiger partial charge on any atom is -0.287 e. The standard InChI is InChI=1S/C14H9BrF2N4O3S/c15-6-3-8-12(20-21-14(8)19-4-6)13(22)7-1-2-10(16)9(11(7)17)5-25(18,23)24/h1-4H,5H2,(H2,18,23,24)(H,19,20,21). The molecule has 11 heteroatoms. The first-order valence-electron chi connectivity index (χ1n) is 6.69. The highest BCUT2D eigenvalue weighted by Crippen LogP contribution is 2.25. The maximum Gasteiger partial charge on any atom is 0.214 e. The van der Waals surface area contributed by atoms with Gasteiger partial charge in [-0.15, -0.1) is 0 Å². The molecule has 0 amide bonds. The van der Waals surface area contributed by atoms with Crippen LogP contribution in [-0.4, -0.2) is 29.4 Å². The molecule has 0 fully saturated rings. The highest BCUT2D eigenvalue weighted by molar-refractivity contribution is 9.10. The summed E-state index contributed by atoms with van der Waals surface area (Å²) in [6.07, 6.45) is 1.47. The Labute approximate surface area is 148 Å². The second kappa shape index (κ2) is 6.24. The number of rotatable bonds is 4. The van der Waals surface area contributed by atoms with Crippen LogP contribution in [0.25, 0.3) is 11.0 Å². The van der Waals surface area contributed by atoms with Crippen LogP contribution in [0.15, 0.2) is 28.9 Å². The molecule has 3 aromatic rings. The Balaban J connectivity index is 2.14. The lowest BCUT2D eigenvalue weighted by molar-refractivity contribution is 0.103. The first-order chi connectivity index (χ1) is 11.7. The van der Waals surface area contributed by atoms with Gasteiger partial charge >= 0.3 is 0 Å². The lowest BCUT2D eigenvalue weighted by atomic mass is 10.0. The first kappa shape index (κ1) is 17.6. The van der Waals surface area contributed by atoms with Crippen LogP contribution in [0.1, 0.15) is 21.6 Å². The third kappa shape index (κ3) is 3.43. The molecule has 0 saturated heterocycles. The van der Waals surface area contributed by atoms with Crippen LogP contribution in [0, 0.1) is 11.6 Å². The number of pyridine rings is 1. The molecule has 0 aliphatic carbocycles. The molecule has 0 atom stereocenters. The molecule has 0 unspecified atom stereocenters. The number of primary sulfonamides is 1. The fourth-order valence-electron chi connectivity index (χ4n) is 2.29. The summed E-state index contributed by atoms with van der Waals surface area (Å²) in [6, 6.07) is 3.30. The molecule has 130 valence electrons. The quantitative estimate of drug-likeness (QED) is 0.613. The number of carbonyl (C=O) groups is 1. The molecule has 25 heavy (non-hydrogen) atoms. The number of carbonyl (C=O) groups excluding carboxylic acids is 1. The van der Waals surface area contributed by atoms with Gasteiger partial charge in [0.25, 0.3) is 0 Å². The van der Waals surface area contributed by atoms with Crippen LogP contribution >= 0.6 is 15.9 Å². The van der Waals surface area contributed by atoms with Gasteiger partial charge in [-0.25, -0.2) is 27.3 Å². The Morgan fingerprint density at radius 1 is 1.32 bits per heavy atom. The van der Waals surface area contributed by atoms with Crippen molar-refractivity contribution in [1.29, 1.82) is 0 Å². The molecule has 3 rings (SSSR count). The molecule has 0 saturated carbocycles. The Morgan fingerprint density at radius 3 is 2.72 bits per heavy atom. The average Bonchev–Trinajstić information content (AvgIpc) is 2.93. The summed E-state index contributed by atoms with van der Waals surface area (Å²) in [6.45, 7) is 0. The molecule has 2 heterocycles. The largest absolute Gasteiger partial charge is 0.287 e. The van der Waals surface area contributed by atoms with Crippen LogP contribution in [-0.2, 0) is 15.8 Å². The van der Waals surface area contributed by atoms with E-state index in [-0.39, 0.29) is 11.3 Å². The van der Waals surface area contributed by atoms with Crippen molar-refractivity contribution >= 4 is 42.8 Å². The zero-order chi connectivity index (χ0) is 18.4. The second-order valence-electron chi connectivity index (χ2n) is 5.15. The van der Waals surface area contributed by atoms with E-state index in [4.69, 9.17) is 5.14 Å². The van der Waals surface area contributed by atoms with E-state index in [1.54, 1.807) is 6.07 Å². The van der Waals surface area contributed by atoms with Gasteiger partial charge in [0, 0.05) is 16.2 Å². The third-order valence-corrected chi connectivity index (χ3v) is 4.50. The van der Waals surface area contributed by atoms with E-state index in [9.17, 15) is 22.0 Å². The molecule has 1 aromatic carbocycles. The number of H-pyrrole nitrogens is 1. The number of halogens is 3. The number of hydrogen-bond acceptors (Lipinski definition) is 5. The number of aromatic nitrogens is 3. The fraction of sp³-hybridized carbons (Fsp3) is 0.0714. The maximum absolute atomic E-state index is 14.5. The summed E-state index contributed by atoms with van der Waals surface area (Å²) in [5.41, 5.74) is -1.13. The van der Waals surface area contributed by atoms with Gasteiger partial charge in [-0.2, -0.15) is 5.10 Å². The van der Waals surface area contributed by atoms with Gasteiger partial charge in [-0.3, -0.25) is 9.89 Å². The molecule has 7 nitrogen and oxygen atoms in total. The Bertz CT molecular complexity index is 1110. The number of nitrogens with two attached hydrogens (primary N) is 1. The average molecular weight is 431 g/mol. The van der Waals surface area contributed by atoms with Gasteiger partial charge in [0.05, 0.1) is 16.7 Å². The van der Waals surface area contributed by atoms with Crippen molar-refractivity contribution in [3.05, 3.63) is 57.3 Å². The zero-order valence-corrected chi connectivity index (χ0v) is 14.7. The normalized spacial score (nSPS) is 11.8. The second-order valence-corrected chi connectivity index (χ2v) is 7.68. The summed E-state index contributed by atoms with van der Waals surface area (Å²) in [4.78, 5) is 16.6. The molecular formula is C14H9BrF2N4O3S. The molecule has 0 aliphatic heterocycles. The lowest BCUT2D eigenvalue weighted by Gasteiger charge is -2.08. The smallest absolute Gasteiger partial charge is 0.214 e. The number of nitrogens with zero attached hydrogens (tertiary/aromatic N) is 2. The number of nitrogens with one attached hydrogen (secondary N) is 1. The van der Waals surface area contributed by atoms with Gasteiger partial charge in [0.1, 0.15) is 17.3 Å². The van der Waals surface area contributed by atoms with Gasteiger partial charge in [-0.1, -0.05) is 0 Å². The van der Waals surface area contributed by atoms with Crippen molar-refractivity contribution in [2.75, 3.05) is 0 Å². The first-order valence-corrected chi connectivity index (χ1v) is 9.20. The molecule has 2 aromatic heterocycles. The highest BCUT2D eigenvalue weighted by Gasteiger charge is 2.24. The number of benzene rings is 1. The summed E-state index contributed by atoms with van der Waals surface area (Å²) >= 11 is 3.21. The van der Waals surface area contributed by atoms with E-state index in [0.29, 0.717) is 9.86 Å². The van der Waals surface area contributed by atoms with E-state index in [1.165, 1.54) is 6.20 Å². The molecule has 0 radical (unpaired) electrons. The summed E-state index contributed by atoms with van der Waals surface area (Å²) < 4.78 is 51.2. The summed E-state index contributed by atoms with van der Waals surface area (Å²) in [7, 11) is -4.19. The minimum atomic E-state index is -4.19. The SMILES string of the molecule is NS(=O)(=O)Cc1c(F)ccc(C(=O)c2[nH]nc3ncc(Br)cc23)c1F. The number of sulfonamides is 1. The third-order valence-electron chi connectivity index (χ3n) is 3.38. The Kier molecular flexibility index (Phi) is 4.39. The molecule has 0 aliphatic rings. The number of hydrogen-bond donors (Lipinski definition) is 2. The number of ketones is 1. The fourth-order valence-corrected chi connectivity index (χ4v) is 3.29. The minimum absolute atomic E-state index is 0.0594. The van der Waals surface area contributed by atoms with Crippen LogP contribution in [0.3, 0.4) is 0 Å². The van der Waals surface area contributed by atoms with Crippen molar-refractivity contribution in [3.8, 4) is 0 Å². The van der Waals surface area contributed by atoms with Crippen LogP contribution < -0.4 is 5.14 Å². The predicted octanol–water partition coefficient (Wildman–Crippen LogP) is 2.02. The van der Waals surface area contributed by atoms with Gasteiger partial charge in [0.2, 0.25) is 15.8 Å². The summed E-state index contributed by atoms with van der Waals surface area (Å²) in [5.74, 6) is -4.29. The Hall–Kier alpha value is -2.24. The van der Waals surface area contributed by atoms with Crippen molar-refractivity contribution in [2.24, 2.45) is 5.14 Å². The van der Waals surface area contributed by atoms with Crippen molar-refractivity contribution < 1.29 is 22.0 Å². The maximum atomic E-state index is 14.5. The van der Waals surface area contributed by atoms with Gasteiger partial charge in [-0.05, 0) is 34.1 Å². The van der Waals surface area contributed by atoms with Crippen molar-refractivity contribution in [2.45, 2.75) is 5.75 Å². The van der Waals surface area contributed by atoms with E-state index in [0.717, 1.165) is 12.1 Å².